The zero-order valence-electron chi connectivity index (χ0n) is 11.4. The summed E-state index contributed by atoms with van der Waals surface area (Å²) in [6, 6.07) is 0. The fraction of sp³-hybridized carbons (Fsp3) is 0.929. The molecule has 0 radical (unpaired) electrons. The maximum atomic E-state index is 12.2. The molecule has 1 atom stereocenters. The lowest BCUT2D eigenvalue weighted by Gasteiger charge is -2.38. The van der Waals surface area contributed by atoms with Crippen molar-refractivity contribution in [1.82, 2.24) is 0 Å². The molecule has 2 nitrogen and oxygen atoms in total. The second-order valence-electron chi connectivity index (χ2n) is 5.43. The van der Waals surface area contributed by atoms with Crippen LogP contribution < -0.4 is 0 Å². The molecule has 1 saturated carbocycles. The van der Waals surface area contributed by atoms with Crippen molar-refractivity contribution in [3.05, 3.63) is 0 Å². The second-order valence-corrected chi connectivity index (χ2v) is 7.82. The first-order chi connectivity index (χ1) is 7.96. The molecule has 0 spiro atoms. The van der Waals surface area contributed by atoms with Crippen LogP contribution in [0.15, 0.2) is 0 Å². The highest BCUT2D eigenvalue weighted by atomic mass is 127. The molecular weight excluding hydrogens is 327 g/mol. The monoisotopic (exact) mass is 352 g/mol. The number of hydrogen-bond acceptors (Lipinski definition) is 2. The zero-order chi connectivity index (χ0) is 12.9. The van der Waals surface area contributed by atoms with Crippen LogP contribution in [0.25, 0.3) is 0 Å². The number of halogens is 1. The van der Waals surface area contributed by atoms with Crippen LogP contribution in [0, 0.1) is 0 Å². The molecule has 0 saturated heterocycles. The van der Waals surface area contributed by atoms with Crippen LogP contribution in [-0.4, -0.2) is 15.0 Å². The third-order valence-electron chi connectivity index (χ3n) is 3.87. The number of alkyl halides is 1. The van der Waals surface area contributed by atoms with Gasteiger partial charge in [0.25, 0.3) is 0 Å². The number of hydrogen-bond donors (Lipinski definition) is 0. The lowest BCUT2D eigenvalue weighted by molar-refractivity contribution is -0.166. The molecule has 0 heterocycles. The van der Waals surface area contributed by atoms with E-state index in [1.165, 1.54) is 19.3 Å². The van der Waals surface area contributed by atoms with E-state index in [0.29, 0.717) is 0 Å². The van der Waals surface area contributed by atoms with Gasteiger partial charge in [0.1, 0.15) is 9.02 Å². The van der Waals surface area contributed by atoms with Gasteiger partial charge in [-0.1, -0.05) is 49.3 Å². The minimum atomic E-state index is -0.365. The van der Waals surface area contributed by atoms with Crippen LogP contribution in [0.3, 0.4) is 0 Å². The Kier molecular flexibility index (Phi) is 5.74. The summed E-state index contributed by atoms with van der Waals surface area (Å²) in [4.78, 5) is 12.2. The van der Waals surface area contributed by atoms with Gasteiger partial charge < -0.3 is 4.74 Å². The summed E-state index contributed by atoms with van der Waals surface area (Å²) in [6.45, 7) is 6.19. The predicted octanol–water partition coefficient (Wildman–Crippen LogP) is 4.64. The highest BCUT2D eigenvalue weighted by Gasteiger charge is 2.39. The van der Waals surface area contributed by atoms with Crippen molar-refractivity contribution in [3.63, 3.8) is 0 Å². The molecular formula is C14H25IO2. The standard InChI is InChI=1S/C14H25IO2/c1-4-9-14(10-7-6-8-11-14)17-12(16)13(3,15)5-2/h4-11H2,1-3H3. The highest BCUT2D eigenvalue weighted by Crippen LogP contribution is 2.38. The van der Waals surface area contributed by atoms with Crippen LogP contribution in [0.2, 0.25) is 0 Å². The van der Waals surface area contributed by atoms with Gasteiger partial charge in [0.15, 0.2) is 0 Å². The molecule has 100 valence electrons. The van der Waals surface area contributed by atoms with E-state index in [-0.39, 0.29) is 15.0 Å². The average molecular weight is 352 g/mol. The van der Waals surface area contributed by atoms with Gasteiger partial charge >= 0.3 is 5.97 Å². The SMILES string of the molecule is CCCC1(OC(=O)C(C)(I)CC)CCCCC1. The molecule has 0 amide bonds. The molecule has 3 heteroatoms. The Hall–Kier alpha value is 0.200. The number of ether oxygens (including phenoxy) is 1. The Bertz CT molecular complexity index is 249. The molecule has 1 fully saturated rings. The van der Waals surface area contributed by atoms with E-state index >= 15 is 0 Å². The third kappa shape index (κ3) is 4.11. The Morgan fingerprint density at radius 3 is 2.35 bits per heavy atom. The molecule has 0 aliphatic heterocycles. The van der Waals surface area contributed by atoms with Gasteiger partial charge in [-0.05, 0) is 45.4 Å². The van der Waals surface area contributed by atoms with Crippen molar-refractivity contribution in [1.29, 1.82) is 0 Å². The summed E-state index contributed by atoms with van der Waals surface area (Å²) in [6.07, 6.45) is 8.76. The molecule has 1 unspecified atom stereocenters. The molecule has 1 rings (SSSR count). The fourth-order valence-electron chi connectivity index (χ4n) is 2.50. The lowest BCUT2D eigenvalue weighted by Crippen LogP contribution is -2.42. The van der Waals surface area contributed by atoms with E-state index in [1.807, 2.05) is 13.8 Å². The maximum Gasteiger partial charge on any atom is 0.322 e. The number of rotatable bonds is 5. The first-order valence-corrected chi connectivity index (χ1v) is 7.96. The number of carbonyl (C=O) groups excluding carboxylic acids is 1. The van der Waals surface area contributed by atoms with E-state index in [2.05, 4.69) is 29.5 Å². The summed E-state index contributed by atoms with van der Waals surface area (Å²) in [7, 11) is 0. The quantitative estimate of drug-likeness (QED) is 0.409. The first-order valence-electron chi connectivity index (χ1n) is 6.88. The van der Waals surface area contributed by atoms with Gasteiger partial charge in [-0.2, -0.15) is 0 Å². The van der Waals surface area contributed by atoms with Gasteiger partial charge in [0.05, 0.1) is 0 Å². The van der Waals surface area contributed by atoms with Crippen LogP contribution in [0.5, 0.6) is 0 Å². The van der Waals surface area contributed by atoms with E-state index in [0.717, 1.165) is 32.1 Å². The van der Waals surface area contributed by atoms with Crippen molar-refractivity contribution >= 4 is 28.6 Å². The summed E-state index contributed by atoms with van der Waals surface area (Å²) in [5.41, 5.74) is -0.147. The van der Waals surface area contributed by atoms with Crippen LogP contribution in [-0.2, 0) is 9.53 Å². The largest absolute Gasteiger partial charge is 0.458 e. The van der Waals surface area contributed by atoms with E-state index in [4.69, 9.17) is 4.74 Å². The molecule has 0 N–H and O–H groups in total. The van der Waals surface area contributed by atoms with Crippen molar-refractivity contribution in [2.45, 2.75) is 81.2 Å². The van der Waals surface area contributed by atoms with Crippen LogP contribution in [0.4, 0.5) is 0 Å². The smallest absolute Gasteiger partial charge is 0.322 e. The Labute approximate surface area is 119 Å². The fourth-order valence-corrected chi connectivity index (χ4v) is 2.61. The van der Waals surface area contributed by atoms with E-state index < -0.39 is 0 Å². The molecule has 0 aromatic carbocycles. The van der Waals surface area contributed by atoms with Crippen LogP contribution >= 0.6 is 22.6 Å². The zero-order valence-corrected chi connectivity index (χ0v) is 13.5. The minimum absolute atomic E-state index is 0.0176. The molecule has 0 aromatic heterocycles. The van der Waals surface area contributed by atoms with Gasteiger partial charge in [-0.15, -0.1) is 0 Å². The summed E-state index contributed by atoms with van der Waals surface area (Å²) >= 11 is 2.22. The van der Waals surface area contributed by atoms with Crippen molar-refractivity contribution in [2.24, 2.45) is 0 Å². The van der Waals surface area contributed by atoms with Gasteiger partial charge in [0.2, 0.25) is 0 Å². The second kappa shape index (κ2) is 6.39. The van der Waals surface area contributed by atoms with E-state index in [9.17, 15) is 4.79 Å². The molecule has 0 aromatic rings. The minimum Gasteiger partial charge on any atom is -0.458 e. The van der Waals surface area contributed by atoms with Crippen molar-refractivity contribution in [3.8, 4) is 0 Å². The van der Waals surface area contributed by atoms with Crippen molar-refractivity contribution in [2.75, 3.05) is 0 Å². The van der Waals surface area contributed by atoms with E-state index in [1.54, 1.807) is 0 Å². The topological polar surface area (TPSA) is 26.3 Å². The Morgan fingerprint density at radius 2 is 1.88 bits per heavy atom. The third-order valence-corrected chi connectivity index (χ3v) is 5.07. The lowest BCUT2D eigenvalue weighted by atomic mass is 9.81. The normalized spacial score (nSPS) is 22.8. The number of esters is 1. The molecule has 0 bridgehead atoms. The summed E-state index contributed by atoms with van der Waals surface area (Å²) in [5, 5.41) is 0. The van der Waals surface area contributed by atoms with Gasteiger partial charge in [-0.25, -0.2) is 0 Å². The Balaban J connectivity index is 2.69. The van der Waals surface area contributed by atoms with Gasteiger partial charge in [0, 0.05) is 0 Å². The summed E-state index contributed by atoms with van der Waals surface area (Å²) < 4.78 is 5.56. The molecule has 1 aliphatic rings. The molecule has 17 heavy (non-hydrogen) atoms. The summed E-state index contributed by atoms with van der Waals surface area (Å²) in [5.74, 6) is -0.0176. The van der Waals surface area contributed by atoms with Crippen molar-refractivity contribution < 1.29 is 9.53 Å². The highest BCUT2D eigenvalue weighted by molar-refractivity contribution is 14.1. The van der Waals surface area contributed by atoms with Crippen LogP contribution in [0.1, 0.15) is 72.1 Å². The Morgan fingerprint density at radius 1 is 1.29 bits per heavy atom. The average Bonchev–Trinajstić information content (AvgIpc) is 2.30. The predicted molar refractivity (Wildman–Crippen MR) is 79.5 cm³/mol. The maximum absolute atomic E-state index is 12.2. The number of carbonyl (C=O) groups is 1. The first kappa shape index (κ1) is 15.3. The molecule has 1 aliphatic carbocycles. The van der Waals surface area contributed by atoms with Gasteiger partial charge in [-0.3, -0.25) is 4.79 Å².